The van der Waals surface area contributed by atoms with Gasteiger partial charge in [0, 0.05) is 25.6 Å². The summed E-state index contributed by atoms with van der Waals surface area (Å²) < 4.78 is 0. The van der Waals surface area contributed by atoms with E-state index in [2.05, 4.69) is 23.5 Å². The van der Waals surface area contributed by atoms with Crippen LogP contribution in [0.3, 0.4) is 0 Å². The molecule has 0 aromatic heterocycles. The maximum absolute atomic E-state index is 14.2. The molecule has 2 aliphatic heterocycles. The second-order valence-corrected chi connectivity index (χ2v) is 12.6. The van der Waals surface area contributed by atoms with Crippen LogP contribution in [0.2, 0.25) is 10.0 Å². The van der Waals surface area contributed by atoms with Crippen molar-refractivity contribution in [2.24, 2.45) is 0 Å². The molecule has 10 heteroatoms. The molecule has 2 saturated heterocycles. The molecule has 8 nitrogen and oxygen atoms in total. The number of nitrogens with one attached hydrogen (secondary N) is 1. The number of nitrogens with zero attached hydrogens (tertiary/aromatic N) is 4. The van der Waals surface area contributed by atoms with Crippen LogP contribution in [0, 0.1) is 0 Å². The van der Waals surface area contributed by atoms with Crippen molar-refractivity contribution in [2.45, 2.75) is 51.6 Å². The van der Waals surface area contributed by atoms with Crippen LogP contribution in [-0.4, -0.2) is 69.0 Å². The minimum Gasteiger partial charge on any atom is -0.333 e. The van der Waals surface area contributed by atoms with Crippen LogP contribution in [0.1, 0.15) is 30.5 Å². The molecule has 0 radical (unpaired) electrons. The summed E-state index contributed by atoms with van der Waals surface area (Å²) in [4.78, 5) is 45.2. The Bertz CT molecular complexity index is 1730. The molecule has 0 saturated carbocycles. The van der Waals surface area contributed by atoms with Gasteiger partial charge in [0.15, 0.2) is 0 Å². The number of carbonyl (C=O) groups is 3. The lowest BCUT2D eigenvalue weighted by Gasteiger charge is -2.47. The minimum absolute atomic E-state index is 0.0102. The molecule has 4 aromatic carbocycles. The van der Waals surface area contributed by atoms with Gasteiger partial charge in [-0.25, -0.2) is 4.79 Å². The monoisotopic (exact) mass is 643 g/mol. The molecule has 0 unspecified atom stereocenters. The Kier molecular flexibility index (Phi) is 8.99. The van der Waals surface area contributed by atoms with Crippen LogP contribution in [0.15, 0.2) is 91.0 Å². The second-order valence-electron chi connectivity index (χ2n) is 11.8. The number of hydrogen-bond acceptors (Lipinski definition) is 4. The summed E-state index contributed by atoms with van der Waals surface area (Å²) in [7, 11) is 0. The standard InChI is InChI=1S/C35H35Cl2N5O3/c1-23(2)42(35(45)38-19-25-15-16-29(36)30(37)17-25)40-22-33(43)41-31(18-24-9-4-3-5-10-24)34(44)39(21-32(40)41)20-27-13-8-12-26-11-6-7-14-28(26)27/h3-17,23,31-32H,18-22H2,1-2H3,(H,38,45)/t31-,32+/m0/s1. The first kappa shape index (κ1) is 30.9. The summed E-state index contributed by atoms with van der Waals surface area (Å²) in [5.41, 5.74) is 2.80. The van der Waals surface area contributed by atoms with E-state index in [0.717, 1.165) is 27.5 Å². The molecule has 45 heavy (non-hydrogen) atoms. The van der Waals surface area contributed by atoms with Crippen LogP contribution in [0.5, 0.6) is 0 Å². The molecule has 0 aliphatic carbocycles. The van der Waals surface area contributed by atoms with Crippen molar-refractivity contribution in [1.29, 1.82) is 0 Å². The normalized spacial score (nSPS) is 18.5. The lowest BCUT2D eigenvalue weighted by atomic mass is 9.99. The zero-order valence-electron chi connectivity index (χ0n) is 25.2. The van der Waals surface area contributed by atoms with Gasteiger partial charge in [0.05, 0.1) is 23.1 Å². The van der Waals surface area contributed by atoms with Gasteiger partial charge in [-0.3, -0.25) is 14.6 Å². The van der Waals surface area contributed by atoms with E-state index in [1.54, 1.807) is 28.1 Å². The van der Waals surface area contributed by atoms with E-state index in [1.807, 2.05) is 78.4 Å². The third-order valence-electron chi connectivity index (χ3n) is 8.48. The number of rotatable bonds is 8. The number of amides is 4. The highest BCUT2D eigenvalue weighted by molar-refractivity contribution is 6.42. The average molecular weight is 645 g/mol. The topological polar surface area (TPSA) is 76.2 Å². The fourth-order valence-corrected chi connectivity index (χ4v) is 6.71. The Labute approximate surface area is 273 Å². The number of benzene rings is 4. The molecular formula is C35H35Cl2N5O3. The Morgan fingerprint density at radius 2 is 1.64 bits per heavy atom. The van der Waals surface area contributed by atoms with E-state index in [0.29, 0.717) is 23.0 Å². The van der Waals surface area contributed by atoms with Crippen LogP contribution >= 0.6 is 23.2 Å². The van der Waals surface area contributed by atoms with Crippen LogP contribution in [-0.2, 0) is 29.1 Å². The van der Waals surface area contributed by atoms with Crippen molar-refractivity contribution in [3.05, 3.63) is 118 Å². The smallest absolute Gasteiger partial charge is 0.332 e. The Morgan fingerprint density at radius 1 is 0.911 bits per heavy atom. The second kappa shape index (κ2) is 13.1. The van der Waals surface area contributed by atoms with Crippen molar-refractivity contribution < 1.29 is 14.4 Å². The predicted molar refractivity (Wildman–Crippen MR) is 176 cm³/mol. The zero-order chi connectivity index (χ0) is 31.7. The number of carbonyl (C=O) groups excluding carboxylic acids is 3. The Hall–Kier alpha value is -4.11. The summed E-state index contributed by atoms with van der Waals surface area (Å²) in [5, 5.41) is 9.43. The molecule has 2 heterocycles. The molecule has 2 atom stereocenters. The van der Waals surface area contributed by atoms with Gasteiger partial charge in [-0.2, -0.15) is 5.01 Å². The number of halogens is 2. The summed E-state index contributed by atoms with van der Waals surface area (Å²) in [6.45, 7) is 4.71. The van der Waals surface area contributed by atoms with Crippen molar-refractivity contribution >= 4 is 51.8 Å². The van der Waals surface area contributed by atoms with Crippen molar-refractivity contribution in [2.75, 3.05) is 13.1 Å². The summed E-state index contributed by atoms with van der Waals surface area (Å²) in [6.07, 6.45) is -0.135. The summed E-state index contributed by atoms with van der Waals surface area (Å²) in [5.74, 6) is -0.277. The Balaban J connectivity index is 1.31. The van der Waals surface area contributed by atoms with Crippen molar-refractivity contribution in [1.82, 2.24) is 25.1 Å². The van der Waals surface area contributed by atoms with Crippen LogP contribution < -0.4 is 5.32 Å². The molecule has 0 bridgehead atoms. The number of fused-ring (bicyclic) bond motifs is 2. The van der Waals surface area contributed by atoms with Gasteiger partial charge >= 0.3 is 6.03 Å². The van der Waals surface area contributed by atoms with E-state index in [4.69, 9.17) is 23.2 Å². The lowest BCUT2D eigenvalue weighted by Crippen LogP contribution is -2.66. The van der Waals surface area contributed by atoms with Crippen LogP contribution in [0.25, 0.3) is 10.8 Å². The molecular weight excluding hydrogens is 609 g/mol. The fourth-order valence-electron chi connectivity index (χ4n) is 6.39. The lowest BCUT2D eigenvalue weighted by molar-refractivity contribution is -0.158. The highest BCUT2D eigenvalue weighted by Gasteiger charge is 2.52. The van der Waals surface area contributed by atoms with Gasteiger partial charge in [0.25, 0.3) is 0 Å². The highest BCUT2D eigenvalue weighted by atomic mass is 35.5. The van der Waals surface area contributed by atoms with E-state index in [-0.39, 0.29) is 43.5 Å². The van der Waals surface area contributed by atoms with Gasteiger partial charge in [0.1, 0.15) is 12.2 Å². The SMILES string of the molecule is CC(C)N(C(=O)NCc1ccc(Cl)c(Cl)c1)N1CC(=O)N2[C@@H](Cc3ccccc3)C(=O)N(Cc3cccc4ccccc34)C[C@@H]21. The van der Waals surface area contributed by atoms with Gasteiger partial charge in [-0.15, -0.1) is 0 Å². The average Bonchev–Trinajstić information content (AvgIpc) is 3.35. The third-order valence-corrected chi connectivity index (χ3v) is 9.22. The maximum Gasteiger partial charge on any atom is 0.332 e. The van der Waals surface area contributed by atoms with Gasteiger partial charge in [-0.1, -0.05) is 102 Å². The summed E-state index contributed by atoms with van der Waals surface area (Å²) >= 11 is 12.3. The molecule has 4 aromatic rings. The van der Waals surface area contributed by atoms with E-state index in [1.165, 1.54) is 0 Å². The van der Waals surface area contributed by atoms with Gasteiger partial charge < -0.3 is 15.1 Å². The first-order valence-electron chi connectivity index (χ1n) is 15.1. The predicted octanol–water partition coefficient (Wildman–Crippen LogP) is 6.11. The number of hydrazine groups is 1. The van der Waals surface area contributed by atoms with E-state index >= 15 is 0 Å². The molecule has 4 amide bonds. The third kappa shape index (κ3) is 6.36. The number of piperazine rings is 1. The first-order chi connectivity index (χ1) is 21.7. The fraction of sp³-hybridized carbons (Fsp3) is 0.286. The first-order valence-corrected chi connectivity index (χ1v) is 15.8. The molecule has 2 aliphatic rings. The van der Waals surface area contributed by atoms with Crippen LogP contribution in [0.4, 0.5) is 4.79 Å². The Morgan fingerprint density at radius 3 is 2.40 bits per heavy atom. The molecule has 1 N–H and O–H groups in total. The molecule has 232 valence electrons. The zero-order valence-corrected chi connectivity index (χ0v) is 26.7. The van der Waals surface area contributed by atoms with Gasteiger partial charge in [-0.05, 0) is 53.4 Å². The van der Waals surface area contributed by atoms with Crippen molar-refractivity contribution in [3.63, 3.8) is 0 Å². The van der Waals surface area contributed by atoms with E-state index < -0.39 is 12.2 Å². The van der Waals surface area contributed by atoms with Crippen molar-refractivity contribution in [3.8, 4) is 0 Å². The summed E-state index contributed by atoms with van der Waals surface area (Å²) in [6, 6.07) is 27.9. The molecule has 2 fully saturated rings. The number of urea groups is 1. The number of hydrogen-bond donors (Lipinski definition) is 1. The minimum atomic E-state index is -0.702. The molecule has 6 rings (SSSR count). The van der Waals surface area contributed by atoms with Gasteiger partial charge in [0.2, 0.25) is 11.8 Å². The quantitative estimate of drug-likeness (QED) is 0.252. The van der Waals surface area contributed by atoms with E-state index in [9.17, 15) is 14.4 Å². The highest BCUT2D eigenvalue weighted by Crippen LogP contribution is 2.32. The molecule has 0 spiro atoms. The maximum atomic E-state index is 14.2. The largest absolute Gasteiger partial charge is 0.333 e.